The van der Waals surface area contributed by atoms with Crippen LogP contribution in [0.5, 0.6) is 0 Å². The summed E-state index contributed by atoms with van der Waals surface area (Å²) in [6.45, 7) is 6.04. The lowest BCUT2D eigenvalue weighted by Gasteiger charge is -2.08. The first kappa shape index (κ1) is 17.8. The van der Waals surface area contributed by atoms with E-state index >= 15 is 0 Å². The fourth-order valence-corrected chi connectivity index (χ4v) is 2.24. The molecule has 1 saturated carbocycles. The van der Waals surface area contributed by atoms with E-state index in [0.29, 0.717) is 6.61 Å². The van der Waals surface area contributed by atoms with Gasteiger partial charge in [0.25, 0.3) is 5.69 Å². The van der Waals surface area contributed by atoms with E-state index in [9.17, 15) is 10.1 Å². The molecule has 5 nitrogen and oxygen atoms in total. The Balaban J connectivity index is 0.000000454. The summed E-state index contributed by atoms with van der Waals surface area (Å²) in [5.41, 5.74) is 4.85. The standard InChI is InChI=1S/C15H16N2O3.C4H6/c1-3-12-5-4-6-16-15(12)13-7-11(10-20-2)8-14(9-13)17(18)19;1-4-2-3-4/h4-9H,3,10H2,1-2H3;1-3H2. The molecule has 1 aliphatic rings. The fourth-order valence-electron chi connectivity index (χ4n) is 2.24. The molecule has 1 aromatic carbocycles. The molecule has 0 unspecified atom stereocenters. The Morgan fingerprint density at radius 1 is 1.33 bits per heavy atom. The summed E-state index contributed by atoms with van der Waals surface area (Å²) in [5, 5.41) is 11.0. The number of hydrogen-bond acceptors (Lipinski definition) is 4. The van der Waals surface area contributed by atoms with Crippen molar-refractivity contribution in [3.05, 3.63) is 69.9 Å². The van der Waals surface area contributed by atoms with Crippen molar-refractivity contribution in [1.29, 1.82) is 0 Å². The highest BCUT2D eigenvalue weighted by molar-refractivity contribution is 5.67. The van der Waals surface area contributed by atoms with Crippen molar-refractivity contribution in [2.24, 2.45) is 0 Å². The molecule has 0 radical (unpaired) electrons. The SMILES string of the molecule is C=C1CC1.CCc1cccnc1-c1cc(COC)cc([N+](=O)[O-])c1. The van der Waals surface area contributed by atoms with Crippen molar-refractivity contribution in [2.45, 2.75) is 32.8 Å². The van der Waals surface area contributed by atoms with Crippen molar-refractivity contribution in [2.75, 3.05) is 7.11 Å². The van der Waals surface area contributed by atoms with E-state index in [1.165, 1.54) is 24.5 Å². The van der Waals surface area contributed by atoms with Crippen LogP contribution in [0.25, 0.3) is 11.3 Å². The Kier molecular flexibility index (Phi) is 6.21. The summed E-state index contributed by atoms with van der Waals surface area (Å²) in [4.78, 5) is 15.0. The van der Waals surface area contributed by atoms with Crippen molar-refractivity contribution in [3.63, 3.8) is 0 Å². The number of aryl methyl sites for hydroxylation is 1. The number of aromatic nitrogens is 1. The number of allylic oxidation sites excluding steroid dienone is 1. The lowest BCUT2D eigenvalue weighted by molar-refractivity contribution is -0.384. The molecular weight excluding hydrogens is 304 g/mol. The number of hydrogen-bond donors (Lipinski definition) is 0. The minimum atomic E-state index is -0.392. The summed E-state index contributed by atoms with van der Waals surface area (Å²) in [6, 6.07) is 8.83. The van der Waals surface area contributed by atoms with Crippen molar-refractivity contribution >= 4 is 5.69 Å². The number of nitrogens with zero attached hydrogens (tertiary/aromatic N) is 2. The molecule has 5 heteroatoms. The van der Waals surface area contributed by atoms with Crippen LogP contribution in [-0.4, -0.2) is 17.0 Å². The van der Waals surface area contributed by atoms with Gasteiger partial charge in [-0.2, -0.15) is 0 Å². The summed E-state index contributed by atoms with van der Waals surface area (Å²) >= 11 is 0. The molecule has 1 fully saturated rings. The Labute approximate surface area is 142 Å². The molecule has 0 saturated heterocycles. The first-order valence-electron chi connectivity index (χ1n) is 7.93. The van der Waals surface area contributed by atoms with Gasteiger partial charge in [0, 0.05) is 31.0 Å². The molecule has 0 bridgehead atoms. The third-order valence-electron chi connectivity index (χ3n) is 3.65. The average molecular weight is 326 g/mol. The highest BCUT2D eigenvalue weighted by Gasteiger charge is 2.13. The van der Waals surface area contributed by atoms with Crippen LogP contribution in [0.1, 0.15) is 30.9 Å². The molecule has 1 heterocycles. The number of nitro benzene ring substituents is 1. The van der Waals surface area contributed by atoms with Gasteiger partial charge < -0.3 is 4.74 Å². The third kappa shape index (κ3) is 4.99. The Morgan fingerprint density at radius 2 is 2.04 bits per heavy atom. The second-order valence-corrected chi connectivity index (χ2v) is 5.69. The van der Waals surface area contributed by atoms with E-state index in [4.69, 9.17) is 4.74 Å². The van der Waals surface area contributed by atoms with Crippen LogP contribution in [0, 0.1) is 10.1 Å². The van der Waals surface area contributed by atoms with Crippen molar-refractivity contribution in [3.8, 4) is 11.3 Å². The highest BCUT2D eigenvalue weighted by Crippen LogP contribution is 2.27. The molecule has 1 aromatic heterocycles. The minimum Gasteiger partial charge on any atom is -0.380 e. The second kappa shape index (κ2) is 8.36. The van der Waals surface area contributed by atoms with Gasteiger partial charge in [0.2, 0.25) is 0 Å². The van der Waals surface area contributed by atoms with Crippen LogP contribution in [0.15, 0.2) is 48.7 Å². The average Bonchev–Trinajstić information content (AvgIpc) is 3.37. The lowest BCUT2D eigenvalue weighted by Crippen LogP contribution is -1.97. The van der Waals surface area contributed by atoms with Gasteiger partial charge in [-0.25, -0.2) is 0 Å². The third-order valence-corrected chi connectivity index (χ3v) is 3.65. The molecule has 0 N–H and O–H groups in total. The van der Waals surface area contributed by atoms with Gasteiger partial charge in [-0.1, -0.05) is 25.1 Å². The van der Waals surface area contributed by atoms with Crippen LogP contribution in [0.2, 0.25) is 0 Å². The molecule has 2 aromatic rings. The summed E-state index contributed by atoms with van der Waals surface area (Å²) in [5.74, 6) is 0. The van der Waals surface area contributed by atoms with E-state index < -0.39 is 4.92 Å². The van der Waals surface area contributed by atoms with Gasteiger partial charge >= 0.3 is 0 Å². The van der Waals surface area contributed by atoms with Gasteiger partial charge in [-0.3, -0.25) is 15.1 Å². The van der Waals surface area contributed by atoms with E-state index in [1.807, 2.05) is 25.1 Å². The first-order valence-corrected chi connectivity index (χ1v) is 7.93. The molecule has 0 amide bonds. The smallest absolute Gasteiger partial charge is 0.270 e. The van der Waals surface area contributed by atoms with Gasteiger partial charge in [0.15, 0.2) is 0 Å². The largest absolute Gasteiger partial charge is 0.380 e. The second-order valence-electron chi connectivity index (χ2n) is 5.69. The zero-order chi connectivity index (χ0) is 17.5. The normalized spacial score (nSPS) is 12.3. The Bertz CT molecular complexity index is 735. The predicted molar refractivity (Wildman–Crippen MR) is 94.8 cm³/mol. The number of non-ortho nitro benzene ring substituents is 1. The van der Waals surface area contributed by atoms with Crippen molar-refractivity contribution in [1.82, 2.24) is 4.98 Å². The summed E-state index contributed by atoms with van der Waals surface area (Å²) in [6.07, 6.45) is 5.11. The maximum Gasteiger partial charge on any atom is 0.270 e. The van der Waals surface area contributed by atoms with Gasteiger partial charge in [0.1, 0.15) is 0 Å². The van der Waals surface area contributed by atoms with Crippen LogP contribution < -0.4 is 0 Å². The highest BCUT2D eigenvalue weighted by atomic mass is 16.6. The van der Waals surface area contributed by atoms with Crippen LogP contribution in [-0.2, 0) is 17.8 Å². The molecule has 126 valence electrons. The zero-order valence-electron chi connectivity index (χ0n) is 14.1. The Hall–Kier alpha value is -2.53. The number of benzene rings is 1. The molecule has 0 atom stereocenters. The molecule has 3 rings (SSSR count). The predicted octanol–water partition coefficient (Wildman–Crippen LogP) is 4.70. The fraction of sp³-hybridized carbons (Fsp3) is 0.316. The minimum absolute atomic E-state index is 0.0576. The lowest BCUT2D eigenvalue weighted by atomic mass is 10.0. The monoisotopic (exact) mass is 326 g/mol. The maximum absolute atomic E-state index is 11.0. The zero-order valence-corrected chi connectivity index (χ0v) is 14.1. The molecule has 0 aliphatic heterocycles. The van der Waals surface area contributed by atoms with E-state index in [1.54, 1.807) is 19.4 Å². The van der Waals surface area contributed by atoms with Gasteiger partial charge in [-0.05, 0) is 42.5 Å². The number of ether oxygens (including phenoxy) is 1. The molecule has 24 heavy (non-hydrogen) atoms. The molecule has 0 spiro atoms. The first-order chi connectivity index (χ1) is 11.5. The van der Waals surface area contributed by atoms with Gasteiger partial charge in [-0.15, -0.1) is 0 Å². The Morgan fingerprint density at radius 3 is 2.58 bits per heavy atom. The maximum atomic E-state index is 11.0. The number of methoxy groups -OCH3 is 1. The van der Waals surface area contributed by atoms with Crippen LogP contribution in [0.4, 0.5) is 5.69 Å². The molecule has 1 aliphatic carbocycles. The summed E-state index contributed by atoms with van der Waals surface area (Å²) < 4.78 is 5.07. The van der Waals surface area contributed by atoms with Gasteiger partial charge in [0.05, 0.1) is 17.2 Å². The van der Waals surface area contributed by atoms with E-state index in [2.05, 4.69) is 11.6 Å². The summed E-state index contributed by atoms with van der Waals surface area (Å²) in [7, 11) is 1.57. The topological polar surface area (TPSA) is 65.3 Å². The number of pyridine rings is 1. The van der Waals surface area contributed by atoms with E-state index in [-0.39, 0.29) is 5.69 Å². The number of nitro groups is 1. The van der Waals surface area contributed by atoms with E-state index in [0.717, 1.165) is 28.8 Å². The quantitative estimate of drug-likeness (QED) is 0.454. The van der Waals surface area contributed by atoms with Crippen LogP contribution >= 0.6 is 0 Å². The van der Waals surface area contributed by atoms with Crippen molar-refractivity contribution < 1.29 is 9.66 Å². The van der Waals surface area contributed by atoms with Crippen LogP contribution in [0.3, 0.4) is 0 Å². The molecular formula is C19H22N2O3. The number of rotatable bonds is 5.